The maximum absolute atomic E-state index is 11.9. The molecule has 0 aliphatic carbocycles. The first-order valence-corrected chi connectivity index (χ1v) is 5.79. The first kappa shape index (κ1) is 14.4. The molecule has 0 bridgehead atoms. The molecule has 0 spiro atoms. The number of carbonyl (C=O) groups excluding carboxylic acids is 1. The van der Waals surface area contributed by atoms with Crippen molar-refractivity contribution in [3.63, 3.8) is 0 Å². The van der Waals surface area contributed by atoms with Crippen LogP contribution < -0.4 is 5.73 Å². The van der Waals surface area contributed by atoms with E-state index in [1.54, 1.807) is 4.90 Å². The number of amides is 1. The third-order valence-corrected chi connectivity index (χ3v) is 2.82. The van der Waals surface area contributed by atoms with Gasteiger partial charge in [-0.3, -0.25) is 4.79 Å². The van der Waals surface area contributed by atoms with Crippen molar-refractivity contribution >= 4 is 5.91 Å². The van der Waals surface area contributed by atoms with Gasteiger partial charge in [0.1, 0.15) is 0 Å². The normalized spacial score (nSPS) is 15.5. The molecule has 0 rings (SSSR count). The van der Waals surface area contributed by atoms with Crippen LogP contribution in [0.15, 0.2) is 0 Å². The molecule has 0 radical (unpaired) electrons. The Kier molecular flexibility index (Phi) is 5.88. The largest absolute Gasteiger partial charge is 0.342 e. The van der Waals surface area contributed by atoms with Crippen LogP contribution in [0.1, 0.15) is 41.0 Å². The van der Waals surface area contributed by atoms with Crippen molar-refractivity contribution in [3.8, 4) is 0 Å². The molecule has 3 heteroatoms. The van der Waals surface area contributed by atoms with E-state index in [2.05, 4.69) is 20.8 Å². The molecule has 0 aromatic carbocycles. The van der Waals surface area contributed by atoms with Gasteiger partial charge in [-0.2, -0.15) is 0 Å². The van der Waals surface area contributed by atoms with Crippen molar-refractivity contribution in [2.75, 3.05) is 7.05 Å². The van der Waals surface area contributed by atoms with Gasteiger partial charge < -0.3 is 10.6 Å². The second kappa shape index (κ2) is 6.11. The Hall–Kier alpha value is -0.570. The predicted octanol–water partition coefficient (Wildman–Crippen LogP) is 1.86. The second-order valence-corrected chi connectivity index (χ2v) is 5.20. The summed E-state index contributed by atoms with van der Waals surface area (Å²) in [6, 6.07) is -0.105. The second-order valence-electron chi connectivity index (χ2n) is 5.20. The average molecular weight is 214 g/mol. The van der Waals surface area contributed by atoms with E-state index in [-0.39, 0.29) is 23.9 Å². The van der Waals surface area contributed by atoms with Crippen LogP contribution in [-0.2, 0) is 4.79 Å². The molecule has 0 saturated carbocycles. The zero-order chi connectivity index (χ0) is 12.2. The molecule has 0 aromatic rings. The Morgan fingerprint density at radius 3 is 2.00 bits per heavy atom. The SMILES string of the molecule is CC(C)C[C@@H](C)N(C)C(=O)[C@@H](N)C(C)C. The molecular weight excluding hydrogens is 188 g/mol. The van der Waals surface area contributed by atoms with Crippen LogP contribution in [0.3, 0.4) is 0 Å². The average Bonchev–Trinajstić information content (AvgIpc) is 2.13. The fraction of sp³-hybridized carbons (Fsp3) is 0.917. The lowest BCUT2D eigenvalue weighted by Gasteiger charge is -2.29. The van der Waals surface area contributed by atoms with Crippen LogP contribution >= 0.6 is 0 Å². The molecular formula is C12H26N2O. The molecule has 0 heterocycles. The molecule has 0 fully saturated rings. The minimum atomic E-state index is -0.371. The third-order valence-electron chi connectivity index (χ3n) is 2.82. The molecule has 90 valence electrons. The molecule has 2 N–H and O–H groups in total. The lowest BCUT2D eigenvalue weighted by molar-refractivity contribution is -0.134. The first-order chi connectivity index (χ1) is 6.77. The molecule has 3 nitrogen and oxygen atoms in total. The fourth-order valence-corrected chi connectivity index (χ4v) is 1.58. The Morgan fingerprint density at radius 1 is 1.20 bits per heavy atom. The van der Waals surface area contributed by atoms with Crippen molar-refractivity contribution in [2.45, 2.75) is 53.1 Å². The number of hydrogen-bond donors (Lipinski definition) is 1. The number of carbonyl (C=O) groups is 1. The van der Waals surface area contributed by atoms with Crippen molar-refractivity contribution in [1.82, 2.24) is 4.90 Å². The maximum atomic E-state index is 11.9. The van der Waals surface area contributed by atoms with Crippen molar-refractivity contribution in [3.05, 3.63) is 0 Å². The maximum Gasteiger partial charge on any atom is 0.239 e. The standard InChI is InChI=1S/C12H26N2O/c1-8(2)7-10(5)14(6)12(15)11(13)9(3)4/h8-11H,7,13H2,1-6H3/t10-,11+/m1/s1. The van der Waals surface area contributed by atoms with Gasteiger partial charge >= 0.3 is 0 Å². The summed E-state index contributed by atoms with van der Waals surface area (Å²) in [5.41, 5.74) is 5.84. The van der Waals surface area contributed by atoms with E-state index >= 15 is 0 Å². The molecule has 0 aliphatic rings. The highest BCUT2D eigenvalue weighted by Crippen LogP contribution is 2.12. The third kappa shape index (κ3) is 4.65. The van der Waals surface area contributed by atoms with Gasteiger partial charge in [0.05, 0.1) is 6.04 Å². The van der Waals surface area contributed by atoms with Gasteiger partial charge in [-0.1, -0.05) is 27.7 Å². The van der Waals surface area contributed by atoms with Gasteiger partial charge in [-0.05, 0) is 25.2 Å². The predicted molar refractivity (Wildman–Crippen MR) is 64.5 cm³/mol. The highest BCUT2D eigenvalue weighted by atomic mass is 16.2. The minimum Gasteiger partial charge on any atom is -0.342 e. The minimum absolute atomic E-state index is 0.0538. The summed E-state index contributed by atoms with van der Waals surface area (Å²) < 4.78 is 0. The number of nitrogens with zero attached hydrogens (tertiary/aromatic N) is 1. The molecule has 0 aromatic heterocycles. The number of likely N-dealkylation sites (N-methyl/N-ethyl adjacent to an activating group) is 1. The number of nitrogens with two attached hydrogens (primary N) is 1. The summed E-state index contributed by atoms with van der Waals surface area (Å²) in [4.78, 5) is 13.7. The quantitative estimate of drug-likeness (QED) is 0.759. The van der Waals surface area contributed by atoms with E-state index in [4.69, 9.17) is 5.73 Å². The summed E-state index contributed by atoms with van der Waals surface area (Å²) >= 11 is 0. The zero-order valence-corrected chi connectivity index (χ0v) is 10.9. The van der Waals surface area contributed by atoms with Gasteiger partial charge in [-0.25, -0.2) is 0 Å². The van der Waals surface area contributed by atoms with Crippen LogP contribution in [0.4, 0.5) is 0 Å². The lowest BCUT2D eigenvalue weighted by atomic mass is 10.0. The van der Waals surface area contributed by atoms with Crippen LogP contribution in [0.5, 0.6) is 0 Å². The summed E-state index contributed by atoms with van der Waals surface area (Å²) in [7, 11) is 1.84. The molecule has 2 atom stereocenters. The van der Waals surface area contributed by atoms with Crippen LogP contribution in [0, 0.1) is 11.8 Å². The van der Waals surface area contributed by atoms with Crippen LogP contribution in [0.25, 0.3) is 0 Å². The molecule has 0 aliphatic heterocycles. The van der Waals surface area contributed by atoms with E-state index in [9.17, 15) is 4.79 Å². The van der Waals surface area contributed by atoms with Gasteiger partial charge in [0.25, 0.3) is 0 Å². The Balaban J connectivity index is 4.30. The topological polar surface area (TPSA) is 46.3 Å². The Labute approximate surface area is 94.0 Å². The summed E-state index contributed by atoms with van der Waals surface area (Å²) in [6.45, 7) is 10.4. The highest BCUT2D eigenvalue weighted by molar-refractivity contribution is 5.81. The van der Waals surface area contributed by atoms with E-state index in [1.165, 1.54) is 0 Å². The number of rotatable bonds is 5. The van der Waals surface area contributed by atoms with Gasteiger partial charge in [0, 0.05) is 13.1 Å². The summed E-state index contributed by atoms with van der Waals surface area (Å²) in [6.07, 6.45) is 1.02. The fourth-order valence-electron chi connectivity index (χ4n) is 1.58. The molecule has 0 unspecified atom stereocenters. The monoisotopic (exact) mass is 214 g/mol. The van der Waals surface area contributed by atoms with Gasteiger partial charge in [0.15, 0.2) is 0 Å². The van der Waals surface area contributed by atoms with Crippen molar-refractivity contribution in [2.24, 2.45) is 17.6 Å². The van der Waals surface area contributed by atoms with Crippen LogP contribution in [-0.4, -0.2) is 29.9 Å². The molecule has 15 heavy (non-hydrogen) atoms. The van der Waals surface area contributed by atoms with Crippen molar-refractivity contribution in [1.29, 1.82) is 0 Å². The summed E-state index contributed by atoms with van der Waals surface area (Å²) in [5.74, 6) is 0.856. The Morgan fingerprint density at radius 2 is 1.67 bits per heavy atom. The van der Waals surface area contributed by atoms with Crippen LogP contribution in [0.2, 0.25) is 0 Å². The van der Waals surface area contributed by atoms with E-state index in [0.717, 1.165) is 6.42 Å². The lowest BCUT2D eigenvalue weighted by Crippen LogP contribution is -2.48. The number of hydrogen-bond acceptors (Lipinski definition) is 2. The smallest absolute Gasteiger partial charge is 0.239 e. The summed E-state index contributed by atoms with van der Waals surface area (Å²) in [5, 5.41) is 0. The highest BCUT2D eigenvalue weighted by Gasteiger charge is 2.24. The molecule has 0 saturated heterocycles. The molecule has 1 amide bonds. The van der Waals surface area contributed by atoms with Gasteiger partial charge in [-0.15, -0.1) is 0 Å². The Bertz CT molecular complexity index is 202. The van der Waals surface area contributed by atoms with E-state index < -0.39 is 0 Å². The van der Waals surface area contributed by atoms with Crippen molar-refractivity contribution < 1.29 is 4.79 Å². The van der Waals surface area contributed by atoms with E-state index in [0.29, 0.717) is 5.92 Å². The zero-order valence-electron chi connectivity index (χ0n) is 10.9. The first-order valence-electron chi connectivity index (χ1n) is 5.79. The van der Waals surface area contributed by atoms with Gasteiger partial charge in [0.2, 0.25) is 5.91 Å². The van der Waals surface area contributed by atoms with E-state index in [1.807, 2.05) is 20.9 Å².